The summed E-state index contributed by atoms with van der Waals surface area (Å²) in [6.45, 7) is 2.64. The molecule has 0 heterocycles. The molecule has 0 amide bonds. The van der Waals surface area contributed by atoms with Crippen molar-refractivity contribution in [2.75, 3.05) is 19.8 Å². The first-order valence-corrected chi connectivity index (χ1v) is 22.2. The van der Waals surface area contributed by atoms with Crippen molar-refractivity contribution in [1.82, 2.24) is 0 Å². The largest absolute Gasteiger partial charge is 0.480 e. The summed E-state index contributed by atoms with van der Waals surface area (Å²) in [5.41, 5.74) is 5.32. The third kappa shape index (κ3) is 36.4. The lowest BCUT2D eigenvalue weighted by Gasteiger charge is -2.20. The molecule has 11 nitrogen and oxygen atoms in total. The van der Waals surface area contributed by atoms with Crippen LogP contribution in [-0.2, 0) is 37.5 Å². The van der Waals surface area contributed by atoms with Crippen LogP contribution in [0.3, 0.4) is 0 Å². The summed E-state index contributed by atoms with van der Waals surface area (Å²) in [5, 5.41) is 8.87. The Kier molecular flexibility index (Phi) is 35.6. The van der Waals surface area contributed by atoms with Crippen LogP contribution < -0.4 is 5.73 Å². The van der Waals surface area contributed by atoms with Crippen LogP contribution >= 0.6 is 7.82 Å². The second kappa shape index (κ2) is 37.4. The first kappa shape index (κ1) is 51.4. The molecule has 0 radical (unpaired) electrons. The minimum atomic E-state index is -4.72. The monoisotopic (exact) mass is 784 g/mol. The summed E-state index contributed by atoms with van der Waals surface area (Å²) in [6.07, 6.45) is 40.3. The van der Waals surface area contributed by atoms with Crippen LogP contribution in [0.1, 0.15) is 168 Å². The van der Waals surface area contributed by atoms with E-state index in [0.717, 1.165) is 77.0 Å². The maximum Gasteiger partial charge on any atom is 0.472 e. The van der Waals surface area contributed by atoms with Crippen LogP contribution in [0.25, 0.3) is 0 Å². The summed E-state index contributed by atoms with van der Waals surface area (Å²) in [6, 6.07) is -1.53. The van der Waals surface area contributed by atoms with Gasteiger partial charge in [0.15, 0.2) is 6.10 Å². The fourth-order valence-corrected chi connectivity index (χ4v) is 6.09. The Labute approximate surface area is 326 Å². The van der Waals surface area contributed by atoms with E-state index in [-0.39, 0.29) is 19.4 Å². The molecule has 0 aliphatic carbocycles. The van der Waals surface area contributed by atoms with Crippen LogP contribution in [0.4, 0.5) is 0 Å². The molecule has 0 aromatic heterocycles. The van der Waals surface area contributed by atoms with Crippen molar-refractivity contribution in [2.45, 2.75) is 180 Å². The SMILES string of the molecule is CC/C=C/C/C=C/C/C=C/CCCCCCCC(=O)OC[C@H](COP(=O)(O)OC[C@H](N)C(=O)O)OC(=O)CCCCC/C=C/CCCCCCCCCC. The number of phosphoric acid groups is 1. The van der Waals surface area contributed by atoms with E-state index in [9.17, 15) is 23.8 Å². The van der Waals surface area contributed by atoms with Crippen molar-refractivity contribution in [1.29, 1.82) is 0 Å². The predicted molar refractivity (Wildman–Crippen MR) is 217 cm³/mol. The zero-order valence-corrected chi connectivity index (χ0v) is 34.4. The number of carbonyl (C=O) groups is 3. The normalized spacial score (nSPS) is 14.3. The maximum absolute atomic E-state index is 12.6. The van der Waals surface area contributed by atoms with Crippen molar-refractivity contribution in [3.63, 3.8) is 0 Å². The van der Waals surface area contributed by atoms with Gasteiger partial charge in [-0.3, -0.25) is 23.4 Å². The number of allylic oxidation sites excluding steroid dienone is 8. The van der Waals surface area contributed by atoms with Gasteiger partial charge in [0.2, 0.25) is 0 Å². The third-order valence-corrected chi connectivity index (χ3v) is 9.51. The molecule has 0 aliphatic rings. The van der Waals surface area contributed by atoms with Crippen molar-refractivity contribution in [3.05, 3.63) is 48.6 Å². The van der Waals surface area contributed by atoms with E-state index in [1.807, 2.05) is 0 Å². The number of aliphatic carboxylic acids is 1. The quantitative estimate of drug-likeness (QED) is 0.0235. The first-order chi connectivity index (χ1) is 26.1. The number of phosphoric ester groups is 1. The Morgan fingerprint density at radius 1 is 0.593 bits per heavy atom. The highest BCUT2D eigenvalue weighted by atomic mass is 31.2. The molecule has 3 atom stereocenters. The number of carbonyl (C=O) groups excluding carboxylic acids is 2. The lowest BCUT2D eigenvalue weighted by atomic mass is 10.1. The lowest BCUT2D eigenvalue weighted by molar-refractivity contribution is -0.161. The van der Waals surface area contributed by atoms with Gasteiger partial charge in [-0.2, -0.15) is 0 Å². The molecule has 54 heavy (non-hydrogen) atoms. The summed E-state index contributed by atoms with van der Waals surface area (Å²) < 4.78 is 32.6. The van der Waals surface area contributed by atoms with E-state index in [0.29, 0.717) is 12.8 Å². The van der Waals surface area contributed by atoms with Crippen molar-refractivity contribution < 1.29 is 47.5 Å². The van der Waals surface area contributed by atoms with Crippen LogP contribution in [0.2, 0.25) is 0 Å². The van der Waals surface area contributed by atoms with Crippen LogP contribution in [0.5, 0.6) is 0 Å². The topological polar surface area (TPSA) is 172 Å². The number of rotatable bonds is 38. The molecule has 312 valence electrons. The highest BCUT2D eigenvalue weighted by Gasteiger charge is 2.28. The number of hydrogen-bond donors (Lipinski definition) is 3. The molecule has 12 heteroatoms. The van der Waals surface area contributed by atoms with Crippen LogP contribution in [0.15, 0.2) is 48.6 Å². The van der Waals surface area contributed by atoms with Gasteiger partial charge in [0, 0.05) is 12.8 Å². The predicted octanol–water partition coefficient (Wildman–Crippen LogP) is 10.6. The average molecular weight is 784 g/mol. The number of carboxylic acids is 1. The molecule has 0 saturated carbocycles. The fourth-order valence-electron chi connectivity index (χ4n) is 5.31. The number of unbranched alkanes of at least 4 members (excludes halogenated alkanes) is 16. The molecule has 0 aromatic rings. The second-order valence-electron chi connectivity index (χ2n) is 13.7. The van der Waals surface area contributed by atoms with Crippen LogP contribution in [0, 0.1) is 0 Å². The molecular formula is C42H74NO10P. The second-order valence-corrected chi connectivity index (χ2v) is 15.2. The zero-order chi connectivity index (χ0) is 40.0. The Morgan fingerprint density at radius 2 is 1.04 bits per heavy atom. The van der Waals surface area contributed by atoms with Gasteiger partial charge in [-0.15, -0.1) is 0 Å². The summed E-state index contributed by atoms with van der Waals surface area (Å²) >= 11 is 0. The summed E-state index contributed by atoms with van der Waals surface area (Å²) in [4.78, 5) is 45.9. The standard InChI is InChI=1S/C42H74NO10P/c1-3-5-7-9-11-13-15-17-19-21-23-25-27-29-31-33-40(44)50-35-38(36-51-54(48,49)52-37-39(43)42(46)47)53-41(45)34-32-30-28-26-24-22-20-18-16-14-12-10-8-6-4-2/h5,7,11,13,17,19,22,24,38-39H,3-4,6,8-10,12,14-16,18,20-21,23,25-37,43H2,1-2H3,(H,46,47)(H,48,49)/b7-5+,13-11+,19-17+,24-22+/t38-,39+/m1/s1. The lowest BCUT2D eigenvalue weighted by Crippen LogP contribution is -2.34. The first-order valence-electron chi connectivity index (χ1n) is 20.7. The Bertz CT molecular complexity index is 1110. The molecule has 0 bridgehead atoms. The van der Waals surface area contributed by atoms with E-state index in [1.165, 1.54) is 51.4 Å². The zero-order valence-electron chi connectivity index (χ0n) is 33.6. The molecule has 0 saturated heterocycles. The molecule has 0 fully saturated rings. The molecule has 0 rings (SSSR count). The number of ether oxygens (including phenoxy) is 2. The number of esters is 2. The molecule has 0 spiro atoms. The van der Waals surface area contributed by atoms with Gasteiger partial charge in [-0.25, -0.2) is 4.57 Å². The van der Waals surface area contributed by atoms with E-state index >= 15 is 0 Å². The summed E-state index contributed by atoms with van der Waals surface area (Å²) in [5.74, 6) is -2.42. The smallest absolute Gasteiger partial charge is 0.472 e. The van der Waals surface area contributed by atoms with Gasteiger partial charge in [-0.05, 0) is 70.6 Å². The molecule has 1 unspecified atom stereocenters. The Balaban J connectivity index is 4.45. The van der Waals surface area contributed by atoms with Crippen molar-refractivity contribution >= 4 is 25.7 Å². The Hall–Kier alpha value is -2.56. The average Bonchev–Trinajstić information content (AvgIpc) is 3.14. The Morgan fingerprint density at radius 3 is 1.59 bits per heavy atom. The van der Waals surface area contributed by atoms with Gasteiger partial charge in [0.25, 0.3) is 0 Å². The van der Waals surface area contributed by atoms with E-state index in [1.54, 1.807) is 0 Å². The van der Waals surface area contributed by atoms with Gasteiger partial charge >= 0.3 is 25.7 Å². The highest BCUT2D eigenvalue weighted by Crippen LogP contribution is 2.43. The highest BCUT2D eigenvalue weighted by molar-refractivity contribution is 7.47. The van der Waals surface area contributed by atoms with Gasteiger partial charge in [-0.1, -0.05) is 133 Å². The molecular weight excluding hydrogens is 709 g/mol. The van der Waals surface area contributed by atoms with Crippen molar-refractivity contribution in [3.8, 4) is 0 Å². The molecule has 0 aromatic carbocycles. The fraction of sp³-hybridized carbons (Fsp3) is 0.738. The minimum Gasteiger partial charge on any atom is -0.480 e. The minimum absolute atomic E-state index is 0.136. The molecule has 0 aliphatic heterocycles. The van der Waals surface area contributed by atoms with Gasteiger partial charge < -0.3 is 25.2 Å². The van der Waals surface area contributed by atoms with Gasteiger partial charge in [0.1, 0.15) is 12.6 Å². The van der Waals surface area contributed by atoms with Gasteiger partial charge in [0.05, 0.1) is 13.2 Å². The number of nitrogens with two attached hydrogens (primary N) is 1. The summed E-state index contributed by atoms with van der Waals surface area (Å²) in [7, 11) is -4.72. The van der Waals surface area contributed by atoms with E-state index < -0.39 is 51.1 Å². The van der Waals surface area contributed by atoms with E-state index in [4.69, 9.17) is 24.8 Å². The molecule has 4 N–H and O–H groups in total. The maximum atomic E-state index is 12.6. The number of hydrogen-bond acceptors (Lipinski definition) is 9. The number of carboxylic acid groups (broad SMARTS) is 1. The third-order valence-electron chi connectivity index (χ3n) is 8.56. The van der Waals surface area contributed by atoms with Crippen molar-refractivity contribution in [2.24, 2.45) is 5.73 Å². The van der Waals surface area contributed by atoms with E-state index in [2.05, 4.69) is 67.0 Å². The van der Waals surface area contributed by atoms with Crippen LogP contribution in [-0.4, -0.2) is 59.9 Å².